The molecule has 4 nitrogen and oxygen atoms in total. The zero-order valence-electron chi connectivity index (χ0n) is 15.1. The second-order valence-corrected chi connectivity index (χ2v) is 25.3. The molecule has 0 aromatic carbocycles. The topological polar surface area (TPSA) is 53.7 Å². The van der Waals surface area contributed by atoms with Crippen molar-refractivity contribution in [1.82, 2.24) is 0 Å². The van der Waals surface area contributed by atoms with E-state index in [-0.39, 0.29) is 5.67 Å². The molecule has 0 radical (unpaired) electrons. The van der Waals surface area contributed by atoms with Crippen LogP contribution >= 0.6 is 0 Å². The van der Waals surface area contributed by atoms with Crippen molar-refractivity contribution in [3.63, 3.8) is 0 Å². The summed E-state index contributed by atoms with van der Waals surface area (Å²) >= 11 is 0. The normalized spacial score (nSPS) is 16.4. The highest BCUT2D eigenvalue weighted by atomic mass is 28.5. The second kappa shape index (κ2) is 6.86. The van der Waals surface area contributed by atoms with Gasteiger partial charge in [-0.25, -0.2) is 0 Å². The first-order valence-corrected chi connectivity index (χ1v) is 19.5. The van der Waals surface area contributed by atoms with Crippen LogP contribution in [-0.2, 0) is 12.3 Å². The fourth-order valence-electron chi connectivity index (χ4n) is 1.82. The summed E-state index contributed by atoms with van der Waals surface area (Å²) in [6.07, 6.45) is 0.825. The summed E-state index contributed by atoms with van der Waals surface area (Å²) < 4.78 is 19.5. The van der Waals surface area contributed by atoms with Crippen molar-refractivity contribution in [3.05, 3.63) is 0 Å². The van der Waals surface area contributed by atoms with Gasteiger partial charge < -0.3 is 18.1 Å². The van der Waals surface area contributed by atoms with Crippen molar-refractivity contribution in [3.8, 4) is 0 Å². The molecule has 0 saturated carbocycles. The molecule has 2 N–H and O–H groups in total. The van der Waals surface area contributed by atoms with E-state index >= 15 is 0 Å². The van der Waals surface area contributed by atoms with Crippen LogP contribution in [0.5, 0.6) is 0 Å². The standard InChI is InChI=1S/C12H35NO3Si4/c1-11-12(13)20(14-17(2,3)4,15-18(5,6)7)16-19(8,9)10/h12H,11,13H2,1-10H3. The van der Waals surface area contributed by atoms with E-state index in [1.54, 1.807) is 0 Å². The van der Waals surface area contributed by atoms with Crippen LogP contribution in [0.4, 0.5) is 0 Å². The average molecular weight is 354 g/mol. The van der Waals surface area contributed by atoms with Crippen molar-refractivity contribution in [2.45, 2.75) is 77.9 Å². The third-order valence-corrected chi connectivity index (χ3v) is 14.3. The molecule has 0 rings (SSSR count). The average Bonchev–Trinajstić information content (AvgIpc) is 2.07. The molecule has 0 heterocycles. The lowest BCUT2D eigenvalue weighted by molar-refractivity contribution is 0.235. The second-order valence-electron chi connectivity index (χ2n) is 8.26. The van der Waals surface area contributed by atoms with Crippen LogP contribution in [0.15, 0.2) is 0 Å². The van der Waals surface area contributed by atoms with Gasteiger partial charge in [-0.2, -0.15) is 0 Å². The summed E-state index contributed by atoms with van der Waals surface area (Å²) in [7, 11) is -8.23. The maximum atomic E-state index is 6.51. The third kappa shape index (κ3) is 8.22. The molecule has 122 valence electrons. The summed E-state index contributed by atoms with van der Waals surface area (Å²) in [5, 5.41) is 0. The fraction of sp³-hybridized carbons (Fsp3) is 1.00. The lowest BCUT2D eigenvalue weighted by atomic mass is 10.5. The number of hydrogen-bond donors (Lipinski definition) is 1. The van der Waals surface area contributed by atoms with E-state index in [0.717, 1.165) is 6.42 Å². The van der Waals surface area contributed by atoms with Crippen LogP contribution in [0.3, 0.4) is 0 Å². The zero-order valence-corrected chi connectivity index (χ0v) is 19.1. The predicted molar refractivity (Wildman–Crippen MR) is 97.3 cm³/mol. The van der Waals surface area contributed by atoms with Crippen LogP contribution in [0.25, 0.3) is 0 Å². The Hall–Kier alpha value is 0.708. The SMILES string of the molecule is CCC(N)[Si](O[Si](C)(C)C)(O[Si](C)(C)C)O[Si](C)(C)C. The Morgan fingerprint density at radius 1 is 0.700 bits per heavy atom. The maximum Gasteiger partial charge on any atom is 0.487 e. The first kappa shape index (κ1) is 20.7. The van der Waals surface area contributed by atoms with Gasteiger partial charge in [0, 0.05) is 0 Å². The minimum Gasteiger partial charge on any atom is -0.416 e. The summed E-state index contributed by atoms with van der Waals surface area (Å²) in [4.78, 5) is 0. The first-order chi connectivity index (χ1) is 8.60. The molecule has 1 atom stereocenters. The molecule has 0 amide bonds. The molecule has 1 unspecified atom stereocenters. The first-order valence-electron chi connectivity index (χ1n) is 7.46. The summed E-state index contributed by atoms with van der Waals surface area (Å²) in [6.45, 7) is 21.7. The van der Waals surface area contributed by atoms with Gasteiger partial charge in [0.25, 0.3) is 0 Å². The summed E-state index contributed by atoms with van der Waals surface area (Å²) in [6, 6.07) is 0. The van der Waals surface area contributed by atoms with Gasteiger partial charge in [0.05, 0.1) is 5.67 Å². The molecule has 0 aliphatic carbocycles. The van der Waals surface area contributed by atoms with Crippen molar-refractivity contribution < 1.29 is 12.3 Å². The van der Waals surface area contributed by atoms with Crippen molar-refractivity contribution in [2.24, 2.45) is 5.73 Å². The molecular weight excluding hydrogens is 318 g/mol. The van der Waals surface area contributed by atoms with Gasteiger partial charge in [0.2, 0.25) is 0 Å². The smallest absolute Gasteiger partial charge is 0.416 e. The molecular formula is C12H35NO3Si4. The monoisotopic (exact) mass is 353 g/mol. The molecule has 0 spiro atoms. The predicted octanol–water partition coefficient (Wildman–Crippen LogP) is 3.76. The molecule has 0 aromatic heterocycles. The Morgan fingerprint density at radius 2 is 0.950 bits per heavy atom. The Bertz CT molecular complexity index is 267. The van der Waals surface area contributed by atoms with Gasteiger partial charge in [-0.1, -0.05) is 6.92 Å². The number of rotatable bonds is 8. The Morgan fingerprint density at radius 3 is 1.10 bits per heavy atom. The molecule has 0 aliphatic rings. The number of hydrogen-bond acceptors (Lipinski definition) is 4. The number of nitrogens with two attached hydrogens (primary N) is 1. The molecule has 0 saturated heterocycles. The van der Waals surface area contributed by atoms with Gasteiger partial charge in [0.15, 0.2) is 25.0 Å². The van der Waals surface area contributed by atoms with Gasteiger partial charge >= 0.3 is 8.80 Å². The van der Waals surface area contributed by atoms with E-state index in [2.05, 4.69) is 65.8 Å². The molecule has 0 aliphatic heterocycles. The third-order valence-electron chi connectivity index (χ3n) is 2.24. The minimum absolute atomic E-state index is 0.132. The quantitative estimate of drug-likeness (QED) is 0.675. The van der Waals surface area contributed by atoms with Crippen LogP contribution in [0, 0.1) is 0 Å². The van der Waals surface area contributed by atoms with Crippen LogP contribution in [0.2, 0.25) is 58.9 Å². The van der Waals surface area contributed by atoms with E-state index in [4.69, 9.17) is 18.1 Å². The Labute approximate surface area is 130 Å². The van der Waals surface area contributed by atoms with Gasteiger partial charge in [-0.3, -0.25) is 0 Å². The fourth-order valence-corrected chi connectivity index (χ4v) is 16.0. The molecule has 20 heavy (non-hydrogen) atoms. The largest absolute Gasteiger partial charge is 0.487 e. The highest BCUT2D eigenvalue weighted by molar-refractivity contribution is 6.90. The lowest BCUT2D eigenvalue weighted by Crippen LogP contribution is -2.69. The highest BCUT2D eigenvalue weighted by Crippen LogP contribution is 2.28. The molecule has 0 aromatic rings. The van der Waals surface area contributed by atoms with E-state index in [9.17, 15) is 0 Å². The molecule has 0 bridgehead atoms. The van der Waals surface area contributed by atoms with Gasteiger partial charge in [0.1, 0.15) is 0 Å². The highest BCUT2D eigenvalue weighted by Gasteiger charge is 2.54. The van der Waals surface area contributed by atoms with Crippen LogP contribution in [0.1, 0.15) is 13.3 Å². The summed E-state index contributed by atoms with van der Waals surface area (Å²) in [5.41, 5.74) is 6.30. The van der Waals surface area contributed by atoms with E-state index in [1.165, 1.54) is 0 Å². The van der Waals surface area contributed by atoms with Gasteiger partial charge in [-0.15, -0.1) is 0 Å². The Kier molecular flexibility index (Phi) is 7.10. The van der Waals surface area contributed by atoms with Crippen LogP contribution < -0.4 is 5.73 Å². The lowest BCUT2D eigenvalue weighted by Gasteiger charge is -2.45. The minimum atomic E-state index is -2.84. The zero-order chi connectivity index (χ0) is 16.4. The van der Waals surface area contributed by atoms with Gasteiger partial charge in [-0.05, 0) is 65.3 Å². The van der Waals surface area contributed by atoms with Crippen LogP contribution in [-0.4, -0.2) is 39.4 Å². The van der Waals surface area contributed by atoms with Crippen molar-refractivity contribution in [2.75, 3.05) is 0 Å². The Balaban J connectivity index is 5.63. The van der Waals surface area contributed by atoms with E-state index in [1.807, 2.05) is 0 Å². The summed E-state index contributed by atoms with van der Waals surface area (Å²) in [5.74, 6) is 0. The molecule has 8 heteroatoms. The van der Waals surface area contributed by atoms with E-state index < -0.39 is 33.8 Å². The van der Waals surface area contributed by atoms with Crippen molar-refractivity contribution in [1.29, 1.82) is 0 Å². The van der Waals surface area contributed by atoms with E-state index in [0.29, 0.717) is 0 Å². The molecule has 0 fully saturated rings. The maximum absolute atomic E-state index is 6.51. The van der Waals surface area contributed by atoms with Crippen molar-refractivity contribution >= 4 is 33.8 Å².